The van der Waals surface area contributed by atoms with Gasteiger partial charge < -0.3 is 18.8 Å². The molecule has 0 atom stereocenters. The van der Waals surface area contributed by atoms with E-state index < -0.39 is 31.8 Å². The number of rotatable bonds is 8. The molecule has 28 heavy (non-hydrogen) atoms. The van der Waals surface area contributed by atoms with Crippen LogP contribution in [0.25, 0.3) is 6.08 Å². The van der Waals surface area contributed by atoms with Crippen LogP contribution in [0.1, 0.15) is 11.3 Å². The minimum Gasteiger partial charge on any atom is -0.493 e. The van der Waals surface area contributed by atoms with Gasteiger partial charge in [-0.25, -0.2) is 0 Å². The average Bonchev–Trinajstić information content (AvgIpc) is 3.11. The standard InChI is InChI=1S/C18H16F5NO4/c1-26-14-6-2-4-12(16(14)28-17(19)20)7-8-15(25)24(11-18(21,22)23)10-13-5-3-9-27-13/h2-9,17H,10-11H2,1H3/b8-7-. The van der Waals surface area contributed by atoms with Gasteiger partial charge in [-0.15, -0.1) is 0 Å². The molecule has 0 saturated heterocycles. The van der Waals surface area contributed by atoms with E-state index in [1.54, 1.807) is 0 Å². The van der Waals surface area contributed by atoms with Crippen LogP contribution in [0.15, 0.2) is 47.1 Å². The molecular formula is C18H16F5NO4. The number of furan rings is 1. The number of benzene rings is 1. The number of hydrogen-bond acceptors (Lipinski definition) is 4. The highest BCUT2D eigenvalue weighted by molar-refractivity contribution is 5.92. The molecule has 2 rings (SSSR count). The summed E-state index contributed by atoms with van der Waals surface area (Å²) >= 11 is 0. The molecule has 0 aliphatic heterocycles. The van der Waals surface area contributed by atoms with Gasteiger partial charge >= 0.3 is 12.8 Å². The first-order valence-corrected chi connectivity index (χ1v) is 7.87. The Balaban J connectivity index is 2.25. The SMILES string of the molecule is COc1cccc(/C=C\C(=O)N(Cc2ccco2)CC(F)(F)F)c1OC(F)F. The topological polar surface area (TPSA) is 51.9 Å². The summed E-state index contributed by atoms with van der Waals surface area (Å²) in [6.45, 7) is -5.07. The highest BCUT2D eigenvalue weighted by Gasteiger charge is 2.32. The van der Waals surface area contributed by atoms with Crippen molar-refractivity contribution in [1.82, 2.24) is 4.90 Å². The number of carbonyl (C=O) groups excluding carboxylic acids is 1. The van der Waals surface area contributed by atoms with Crippen LogP contribution in [-0.2, 0) is 11.3 Å². The van der Waals surface area contributed by atoms with Crippen LogP contribution < -0.4 is 9.47 Å². The summed E-state index contributed by atoms with van der Waals surface area (Å²) < 4.78 is 77.9. The number of halogens is 5. The Morgan fingerprint density at radius 1 is 1.25 bits per heavy atom. The molecule has 0 spiro atoms. The lowest BCUT2D eigenvalue weighted by Crippen LogP contribution is -2.37. The van der Waals surface area contributed by atoms with Crippen molar-refractivity contribution >= 4 is 12.0 Å². The summed E-state index contributed by atoms with van der Waals surface area (Å²) in [6, 6.07) is 7.08. The molecule has 10 heteroatoms. The summed E-state index contributed by atoms with van der Waals surface area (Å²) in [5.41, 5.74) is 0.0398. The van der Waals surface area contributed by atoms with Crippen molar-refractivity contribution in [2.24, 2.45) is 0 Å². The van der Waals surface area contributed by atoms with Crippen molar-refractivity contribution in [2.45, 2.75) is 19.3 Å². The van der Waals surface area contributed by atoms with E-state index in [4.69, 9.17) is 9.15 Å². The van der Waals surface area contributed by atoms with Crippen LogP contribution >= 0.6 is 0 Å². The molecule has 1 aromatic heterocycles. The minimum atomic E-state index is -4.63. The number of nitrogens with zero attached hydrogens (tertiary/aromatic N) is 1. The maximum absolute atomic E-state index is 12.8. The quantitative estimate of drug-likeness (QED) is 0.480. The molecule has 152 valence electrons. The van der Waals surface area contributed by atoms with Crippen molar-refractivity contribution in [3.8, 4) is 11.5 Å². The molecule has 0 saturated carbocycles. The van der Waals surface area contributed by atoms with Crippen LogP contribution in [0.2, 0.25) is 0 Å². The largest absolute Gasteiger partial charge is 0.493 e. The highest BCUT2D eigenvalue weighted by Crippen LogP contribution is 2.33. The van der Waals surface area contributed by atoms with Gasteiger partial charge in [0.15, 0.2) is 11.5 Å². The summed E-state index contributed by atoms with van der Waals surface area (Å²) in [4.78, 5) is 12.8. The maximum atomic E-state index is 12.8. The molecule has 5 nitrogen and oxygen atoms in total. The number of hydrogen-bond donors (Lipinski definition) is 0. The molecule has 1 amide bonds. The predicted octanol–water partition coefficient (Wildman–Crippen LogP) is 4.49. The van der Waals surface area contributed by atoms with E-state index in [-0.39, 0.29) is 22.8 Å². The smallest absolute Gasteiger partial charge is 0.406 e. The average molecular weight is 405 g/mol. The molecule has 0 radical (unpaired) electrons. The van der Waals surface area contributed by atoms with E-state index in [1.165, 1.54) is 43.7 Å². The zero-order valence-corrected chi connectivity index (χ0v) is 14.6. The zero-order valence-electron chi connectivity index (χ0n) is 14.6. The monoisotopic (exact) mass is 405 g/mol. The molecule has 1 aromatic carbocycles. The van der Waals surface area contributed by atoms with Crippen LogP contribution in [0, 0.1) is 0 Å². The molecule has 0 aliphatic carbocycles. The fourth-order valence-electron chi connectivity index (χ4n) is 2.33. The third-order valence-corrected chi connectivity index (χ3v) is 3.45. The van der Waals surface area contributed by atoms with Gasteiger partial charge in [0, 0.05) is 11.6 Å². The number of ether oxygens (including phenoxy) is 2. The number of carbonyl (C=O) groups is 1. The van der Waals surface area contributed by atoms with Crippen molar-refractivity contribution in [3.05, 3.63) is 54.0 Å². The minimum absolute atomic E-state index is 0.0161. The van der Waals surface area contributed by atoms with E-state index in [0.29, 0.717) is 4.90 Å². The van der Waals surface area contributed by atoms with Gasteiger partial charge in [-0.05, 0) is 24.3 Å². The molecule has 0 bridgehead atoms. The Kier molecular flexibility index (Phi) is 7.02. The Bertz CT molecular complexity index is 803. The maximum Gasteiger partial charge on any atom is 0.406 e. The fourth-order valence-corrected chi connectivity index (χ4v) is 2.33. The van der Waals surface area contributed by atoms with Crippen LogP contribution in [0.3, 0.4) is 0 Å². The molecular weight excluding hydrogens is 389 g/mol. The van der Waals surface area contributed by atoms with E-state index in [9.17, 15) is 26.7 Å². The number of methoxy groups -OCH3 is 1. The summed E-state index contributed by atoms with van der Waals surface area (Å²) in [5.74, 6) is -1.18. The second kappa shape index (κ2) is 9.25. The predicted molar refractivity (Wildman–Crippen MR) is 88.8 cm³/mol. The fraction of sp³-hybridized carbons (Fsp3) is 0.278. The zero-order chi connectivity index (χ0) is 20.7. The normalized spacial score (nSPS) is 11.8. The van der Waals surface area contributed by atoms with Crippen molar-refractivity contribution in [3.63, 3.8) is 0 Å². The second-order valence-corrected chi connectivity index (χ2v) is 5.48. The summed E-state index contributed by atoms with van der Waals surface area (Å²) in [5, 5.41) is 0. The van der Waals surface area contributed by atoms with Crippen LogP contribution in [0.5, 0.6) is 11.5 Å². The molecule has 0 N–H and O–H groups in total. The number of alkyl halides is 5. The van der Waals surface area contributed by atoms with Crippen molar-refractivity contribution in [1.29, 1.82) is 0 Å². The Labute approximate surface area is 156 Å². The van der Waals surface area contributed by atoms with Gasteiger partial charge in [0.25, 0.3) is 0 Å². The first-order valence-electron chi connectivity index (χ1n) is 7.87. The first kappa shape index (κ1) is 21.3. The van der Waals surface area contributed by atoms with Gasteiger partial charge in [-0.3, -0.25) is 4.79 Å². The van der Waals surface area contributed by atoms with Crippen molar-refractivity contribution < 1.29 is 40.6 Å². The van der Waals surface area contributed by atoms with E-state index in [2.05, 4.69) is 4.74 Å². The highest BCUT2D eigenvalue weighted by atomic mass is 19.4. The van der Waals surface area contributed by atoms with Crippen molar-refractivity contribution in [2.75, 3.05) is 13.7 Å². The van der Waals surface area contributed by atoms with Crippen LogP contribution in [0.4, 0.5) is 22.0 Å². The molecule has 1 heterocycles. The van der Waals surface area contributed by atoms with Gasteiger partial charge in [-0.1, -0.05) is 12.1 Å². The Morgan fingerprint density at radius 2 is 2.00 bits per heavy atom. The molecule has 0 unspecified atom stereocenters. The first-order chi connectivity index (χ1) is 13.2. The number of para-hydroxylation sites is 1. The summed E-state index contributed by atoms with van der Waals surface area (Å²) in [7, 11) is 1.24. The number of amides is 1. The van der Waals surface area contributed by atoms with E-state index in [0.717, 1.165) is 12.2 Å². The third kappa shape index (κ3) is 6.29. The van der Waals surface area contributed by atoms with Gasteiger partial charge in [0.1, 0.15) is 12.3 Å². The van der Waals surface area contributed by atoms with E-state index >= 15 is 0 Å². The molecule has 0 aliphatic rings. The third-order valence-electron chi connectivity index (χ3n) is 3.45. The van der Waals surface area contributed by atoms with Gasteiger partial charge in [0.05, 0.1) is 19.9 Å². The van der Waals surface area contributed by atoms with Gasteiger partial charge in [0.2, 0.25) is 5.91 Å². The lowest BCUT2D eigenvalue weighted by molar-refractivity contribution is -0.159. The second-order valence-electron chi connectivity index (χ2n) is 5.48. The van der Waals surface area contributed by atoms with E-state index in [1.807, 2.05) is 0 Å². The summed E-state index contributed by atoms with van der Waals surface area (Å²) in [6.07, 6.45) is -1.45. The molecule has 2 aromatic rings. The van der Waals surface area contributed by atoms with Gasteiger partial charge in [-0.2, -0.15) is 22.0 Å². The lowest BCUT2D eigenvalue weighted by atomic mass is 10.1. The van der Waals surface area contributed by atoms with Crippen LogP contribution in [-0.4, -0.2) is 37.2 Å². The molecule has 0 fully saturated rings. The lowest BCUT2D eigenvalue weighted by Gasteiger charge is -2.21. The Morgan fingerprint density at radius 3 is 2.57 bits per heavy atom. The Hall–Kier alpha value is -3.04.